The van der Waals surface area contributed by atoms with Crippen LogP contribution in [0.3, 0.4) is 0 Å². The first kappa shape index (κ1) is 14.6. The Bertz CT molecular complexity index is 814. The lowest BCUT2D eigenvalue weighted by Gasteiger charge is -2.03. The molecule has 2 heterocycles. The molecule has 0 fully saturated rings. The van der Waals surface area contributed by atoms with Crippen LogP contribution in [0.5, 0.6) is 0 Å². The molecule has 0 atom stereocenters. The minimum Gasteiger partial charge on any atom is -0.378 e. The molecule has 0 spiro atoms. The van der Waals surface area contributed by atoms with E-state index in [0.717, 1.165) is 15.6 Å². The van der Waals surface area contributed by atoms with Crippen molar-refractivity contribution in [3.63, 3.8) is 0 Å². The van der Waals surface area contributed by atoms with Gasteiger partial charge in [-0.3, -0.25) is 9.36 Å². The van der Waals surface area contributed by atoms with Crippen molar-refractivity contribution in [3.05, 3.63) is 63.8 Å². The standard InChI is InChI=1S/C15H14N4O2S/c1-21-9-12-7-14(20)19(10-16-12)8-13-17-18-15(22-13)11-5-3-2-4-6-11/h2-7,10H,8-9H2,1H3. The first-order chi connectivity index (χ1) is 10.8. The van der Waals surface area contributed by atoms with E-state index in [-0.39, 0.29) is 5.56 Å². The predicted octanol–water partition coefficient (Wildman–Crippen LogP) is 1.96. The van der Waals surface area contributed by atoms with Crippen LogP contribution in [0.25, 0.3) is 10.6 Å². The molecule has 0 unspecified atom stereocenters. The summed E-state index contributed by atoms with van der Waals surface area (Å²) in [6, 6.07) is 11.3. The number of aromatic nitrogens is 4. The minimum absolute atomic E-state index is 0.126. The Morgan fingerprint density at radius 3 is 2.77 bits per heavy atom. The molecule has 0 radical (unpaired) electrons. The van der Waals surface area contributed by atoms with E-state index in [4.69, 9.17) is 4.74 Å². The van der Waals surface area contributed by atoms with Gasteiger partial charge in [0.15, 0.2) is 0 Å². The second kappa shape index (κ2) is 6.59. The first-order valence-corrected chi connectivity index (χ1v) is 7.50. The van der Waals surface area contributed by atoms with E-state index >= 15 is 0 Å². The van der Waals surface area contributed by atoms with Crippen molar-refractivity contribution >= 4 is 11.3 Å². The van der Waals surface area contributed by atoms with Gasteiger partial charge in [0.25, 0.3) is 5.56 Å². The number of rotatable bonds is 5. The van der Waals surface area contributed by atoms with Crippen LogP contribution in [0, 0.1) is 0 Å². The van der Waals surface area contributed by atoms with Gasteiger partial charge in [0.2, 0.25) is 0 Å². The predicted molar refractivity (Wildman–Crippen MR) is 83.7 cm³/mol. The summed E-state index contributed by atoms with van der Waals surface area (Å²) in [7, 11) is 1.57. The molecule has 0 aliphatic heterocycles. The highest BCUT2D eigenvalue weighted by atomic mass is 32.1. The van der Waals surface area contributed by atoms with Gasteiger partial charge in [-0.2, -0.15) is 0 Å². The van der Waals surface area contributed by atoms with Gasteiger partial charge in [-0.25, -0.2) is 4.98 Å². The average Bonchev–Trinajstić information content (AvgIpc) is 3.00. The maximum absolute atomic E-state index is 12.0. The fraction of sp³-hybridized carbons (Fsp3) is 0.200. The zero-order chi connectivity index (χ0) is 15.4. The highest BCUT2D eigenvalue weighted by Gasteiger charge is 2.08. The van der Waals surface area contributed by atoms with Crippen LogP contribution in [-0.2, 0) is 17.9 Å². The lowest BCUT2D eigenvalue weighted by Crippen LogP contribution is -2.21. The third kappa shape index (κ3) is 3.26. The molecule has 1 aromatic carbocycles. The van der Waals surface area contributed by atoms with Crippen LogP contribution in [0.4, 0.5) is 0 Å². The summed E-state index contributed by atoms with van der Waals surface area (Å²) in [5.74, 6) is 0. The number of ether oxygens (including phenoxy) is 1. The van der Waals surface area contributed by atoms with E-state index in [2.05, 4.69) is 15.2 Å². The van der Waals surface area contributed by atoms with Crippen molar-refractivity contribution < 1.29 is 4.74 Å². The zero-order valence-corrected chi connectivity index (χ0v) is 12.8. The maximum atomic E-state index is 12.0. The molecule has 0 amide bonds. The molecule has 0 bridgehead atoms. The molecule has 2 aromatic heterocycles. The molecule has 0 N–H and O–H groups in total. The van der Waals surface area contributed by atoms with Crippen molar-refractivity contribution in [2.75, 3.05) is 7.11 Å². The molecule has 3 rings (SSSR count). The van der Waals surface area contributed by atoms with Crippen molar-refractivity contribution in [3.8, 4) is 10.6 Å². The minimum atomic E-state index is -0.126. The van der Waals surface area contributed by atoms with Crippen LogP contribution in [0.1, 0.15) is 10.7 Å². The monoisotopic (exact) mass is 314 g/mol. The summed E-state index contributed by atoms with van der Waals surface area (Å²) in [5.41, 5.74) is 1.51. The molecule has 3 aromatic rings. The summed E-state index contributed by atoms with van der Waals surface area (Å²) in [6.07, 6.45) is 1.51. The maximum Gasteiger partial charge on any atom is 0.254 e. The third-order valence-electron chi connectivity index (χ3n) is 3.02. The van der Waals surface area contributed by atoms with Gasteiger partial charge in [0.05, 0.1) is 25.2 Å². The van der Waals surface area contributed by atoms with Crippen LogP contribution >= 0.6 is 11.3 Å². The quantitative estimate of drug-likeness (QED) is 0.720. The van der Waals surface area contributed by atoms with E-state index in [1.807, 2.05) is 30.3 Å². The first-order valence-electron chi connectivity index (χ1n) is 6.68. The Kier molecular flexibility index (Phi) is 4.36. The van der Waals surface area contributed by atoms with E-state index in [1.165, 1.54) is 28.3 Å². The van der Waals surface area contributed by atoms with E-state index in [9.17, 15) is 4.79 Å². The fourth-order valence-corrected chi connectivity index (χ4v) is 2.81. The van der Waals surface area contributed by atoms with Gasteiger partial charge in [-0.15, -0.1) is 10.2 Å². The Morgan fingerprint density at radius 2 is 2.05 bits per heavy atom. The number of nitrogens with zero attached hydrogens (tertiary/aromatic N) is 4. The van der Waals surface area contributed by atoms with Crippen LogP contribution in [0.15, 0.2) is 47.5 Å². The van der Waals surface area contributed by atoms with E-state index in [0.29, 0.717) is 18.8 Å². The summed E-state index contributed by atoms with van der Waals surface area (Å²) in [6.45, 7) is 0.691. The summed E-state index contributed by atoms with van der Waals surface area (Å²) in [5, 5.41) is 9.92. The molecule has 112 valence electrons. The van der Waals surface area contributed by atoms with Crippen LogP contribution in [-0.4, -0.2) is 26.9 Å². The van der Waals surface area contributed by atoms with Crippen LogP contribution < -0.4 is 5.56 Å². The lowest BCUT2D eigenvalue weighted by molar-refractivity contribution is 0.181. The van der Waals surface area contributed by atoms with E-state index < -0.39 is 0 Å². The molecular weight excluding hydrogens is 300 g/mol. The average molecular weight is 314 g/mol. The van der Waals surface area contributed by atoms with E-state index in [1.54, 1.807) is 7.11 Å². The number of hydrogen-bond acceptors (Lipinski definition) is 6. The number of hydrogen-bond donors (Lipinski definition) is 0. The lowest BCUT2D eigenvalue weighted by atomic mass is 10.2. The van der Waals surface area contributed by atoms with Crippen molar-refractivity contribution in [1.29, 1.82) is 0 Å². The van der Waals surface area contributed by atoms with Crippen molar-refractivity contribution in [1.82, 2.24) is 19.7 Å². The van der Waals surface area contributed by atoms with Crippen molar-refractivity contribution in [2.24, 2.45) is 0 Å². The van der Waals surface area contributed by atoms with Gasteiger partial charge in [-0.05, 0) is 0 Å². The Hall–Kier alpha value is -2.38. The highest BCUT2D eigenvalue weighted by molar-refractivity contribution is 7.14. The molecule has 0 saturated heterocycles. The molecular formula is C15H14N4O2S. The third-order valence-corrected chi connectivity index (χ3v) is 3.98. The summed E-state index contributed by atoms with van der Waals surface area (Å²) in [4.78, 5) is 16.2. The van der Waals surface area contributed by atoms with Crippen LogP contribution in [0.2, 0.25) is 0 Å². The number of methoxy groups -OCH3 is 1. The second-order valence-corrected chi connectivity index (χ2v) is 5.71. The summed E-state index contributed by atoms with van der Waals surface area (Å²) >= 11 is 1.47. The topological polar surface area (TPSA) is 69.9 Å². The Morgan fingerprint density at radius 1 is 1.23 bits per heavy atom. The number of benzene rings is 1. The van der Waals surface area contributed by atoms with Crippen molar-refractivity contribution in [2.45, 2.75) is 13.2 Å². The molecule has 0 aliphatic rings. The molecule has 0 saturated carbocycles. The molecule has 6 nitrogen and oxygen atoms in total. The highest BCUT2D eigenvalue weighted by Crippen LogP contribution is 2.23. The van der Waals surface area contributed by atoms with Gasteiger partial charge in [-0.1, -0.05) is 41.7 Å². The fourth-order valence-electron chi connectivity index (χ4n) is 1.97. The Balaban J connectivity index is 1.80. The SMILES string of the molecule is COCc1cc(=O)n(Cc2nnc(-c3ccccc3)s2)cn1. The molecule has 0 aliphatic carbocycles. The smallest absolute Gasteiger partial charge is 0.254 e. The van der Waals surface area contributed by atoms with Gasteiger partial charge >= 0.3 is 0 Å². The summed E-state index contributed by atoms with van der Waals surface area (Å²) < 4.78 is 6.47. The van der Waals surface area contributed by atoms with Gasteiger partial charge < -0.3 is 4.74 Å². The normalized spacial score (nSPS) is 10.8. The molecule has 22 heavy (non-hydrogen) atoms. The Labute approximate surface area is 131 Å². The second-order valence-electron chi connectivity index (χ2n) is 4.65. The molecule has 7 heteroatoms. The largest absolute Gasteiger partial charge is 0.378 e. The van der Waals surface area contributed by atoms with Gasteiger partial charge in [0.1, 0.15) is 10.0 Å². The zero-order valence-electron chi connectivity index (χ0n) is 12.0. The van der Waals surface area contributed by atoms with Gasteiger partial charge in [0, 0.05) is 18.7 Å².